The van der Waals surface area contributed by atoms with Gasteiger partial charge in [-0.05, 0) is 35.7 Å². The molecule has 0 aliphatic carbocycles. The Morgan fingerprint density at radius 2 is 2.00 bits per heavy atom. The van der Waals surface area contributed by atoms with Crippen molar-refractivity contribution in [1.82, 2.24) is 4.72 Å². The zero-order chi connectivity index (χ0) is 14.9. The molecule has 0 bridgehead atoms. The fourth-order valence-corrected chi connectivity index (χ4v) is 3.79. The van der Waals surface area contributed by atoms with Gasteiger partial charge in [0.05, 0.1) is 4.90 Å². The van der Waals surface area contributed by atoms with Crippen LogP contribution in [0.1, 0.15) is 11.1 Å². The number of halogens is 1. The lowest BCUT2D eigenvalue weighted by Crippen LogP contribution is -2.23. The van der Waals surface area contributed by atoms with Crippen molar-refractivity contribution in [1.29, 1.82) is 0 Å². The monoisotopic (exact) mass is 366 g/mol. The van der Waals surface area contributed by atoms with E-state index in [0.29, 0.717) is 4.90 Å². The van der Waals surface area contributed by atoms with Gasteiger partial charge in [-0.15, -0.1) is 0 Å². The molecule has 0 spiro atoms. The Kier molecular flexibility index (Phi) is 4.01. The molecule has 2 aromatic rings. The highest BCUT2D eigenvalue weighted by molar-refractivity contribution is 9.10. The predicted octanol–water partition coefficient (Wildman–Crippen LogP) is 2.90. The first-order chi connectivity index (χ1) is 10.1. The van der Waals surface area contributed by atoms with E-state index in [1.54, 1.807) is 12.1 Å². The number of hydrogen-bond donors (Lipinski definition) is 2. The molecule has 110 valence electrons. The third kappa shape index (κ3) is 3.12. The maximum atomic E-state index is 12.4. The van der Waals surface area contributed by atoms with Crippen LogP contribution in [0.25, 0.3) is 0 Å². The minimum atomic E-state index is -3.51. The van der Waals surface area contributed by atoms with Crippen LogP contribution in [-0.4, -0.2) is 15.0 Å². The fraction of sp³-hybridized carbons (Fsp3) is 0.200. The Balaban J connectivity index is 1.80. The van der Waals surface area contributed by atoms with E-state index in [-0.39, 0.29) is 6.54 Å². The first-order valence-electron chi connectivity index (χ1n) is 6.66. The van der Waals surface area contributed by atoms with Gasteiger partial charge in [-0.3, -0.25) is 0 Å². The number of fused-ring (bicyclic) bond motifs is 1. The van der Waals surface area contributed by atoms with E-state index in [1.807, 2.05) is 30.3 Å². The number of nitrogens with one attached hydrogen (secondary N) is 2. The lowest BCUT2D eigenvalue weighted by molar-refractivity contribution is 0.581. The van der Waals surface area contributed by atoms with Crippen LogP contribution in [0.2, 0.25) is 0 Å². The summed E-state index contributed by atoms with van der Waals surface area (Å²) in [5.74, 6) is 0. The maximum Gasteiger partial charge on any atom is 0.240 e. The highest BCUT2D eigenvalue weighted by Gasteiger charge is 2.18. The summed E-state index contributed by atoms with van der Waals surface area (Å²) in [5, 5.41) is 3.20. The summed E-state index contributed by atoms with van der Waals surface area (Å²) >= 11 is 3.42. The Morgan fingerprint density at radius 3 is 2.81 bits per heavy atom. The third-order valence-electron chi connectivity index (χ3n) is 3.51. The molecule has 3 rings (SSSR count). The van der Waals surface area contributed by atoms with Crippen LogP contribution in [0.3, 0.4) is 0 Å². The Labute approximate surface area is 132 Å². The molecule has 1 aliphatic heterocycles. The lowest BCUT2D eigenvalue weighted by Gasteiger charge is -2.09. The standard InChI is InChI=1S/C15H15BrN2O2S/c16-14-4-2-1-3-12(14)10-18-21(19,20)13-6-5-11-7-8-17-15(11)9-13/h1-6,9,17-18H,7-8,10H2. The van der Waals surface area contributed by atoms with Crippen molar-refractivity contribution in [2.75, 3.05) is 11.9 Å². The van der Waals surface area contributed by atoms with Crippen molar-refractivity contribution >= 4 is 31.6 Å². The molecule has 21 heavy (non-hydrogen) atoms. The molecule has 0 atom stereocenters. The molecule has 4 nitrogen and oxygen atoms in total. The van der Waals surface area contributed by atoms with Gasteiger partial charge in [0.15, 0.2) is 0 Å². The smallest absolute Gasteiger partial charge is 0.240 e. The normalized spacial score (nSPS) is 13.8. The first kappa shape index (κ1) is 14.6. The zero-order valence-corrected chi connectivity index (χ0v) is 13.7. The molecule has 0 unspecified atom stereocenters. The van der Waals surface area contributed by atoms with E-state index in [0.717, 1.165) is 28.7 Å². The summed E-state index contributed by atoms with van der Waals surface area (Å²) < 4.78 is 28.3. The number of anilines is 1. The van der Waals surface area contributed by atoms with Gasteiger partial charge in [-0.1, -0.05) is 40.2 Å². The highest BCUT2D eigenvalue weighted by atomic mass is 79.9. The third-order valence-corrected chi connectivity index (χ3v) is 5.68. The van der Waals surface area contributed by atoms with Crippen LogP contribution in [0.4, 0.5) is 5.69 Å². The maximum absolute atomic E-state index is 12.4. The summed E-state index contributed by atoms with van der Waals surface area (Å²) in [6.07, 6.45) is 0.944. The van der Waals surface area contributed by atoms with Crippen molar-refractivity contribution in [3.05, 3.63) is 58.1 Å². The first-order valence-corrected chi connectivity index (χ1v) is 8.94. The van der Waals surface area contributed by atoms with Gasteiger partial charge in [0.1, 0.15) is 0 Å². The largest absolute Gasteiger partial charge is 0.384 e. The number of hydrogen-bond acceptors (Lipinski definition) is 3. The average molecular weight is 367 g/mol. The van der Waals surface area contributed by atoms with Crippen molar-refractivity contribution in [2.45, 2.75) is 17.9 Å². The number of benzene rings is 2. The Bertz CT molecular complexity index is 775. The molecule has 2 aromatic carbocycles. The van der Waals surface area contributed by atoms with E-state index in [9.17, 15) is 8.42 Å². The van der Waals surface area contributed by atoms with Gasteiger partial charge >= 0.3 is 0 Å². The van der Waals surface area contributed by atoms with Gasteiger partial charge in [-0.2, -0.15) is 0 Å². The second kappa shape index (κ2) is 5.79. The molecular weight excluding hydrogens is 352 g/mol. The molecule has 0 fully saturated rings. The van der Waals surface area contributed by atoms with E-state index < -0.39 is 10.0 Å². The van der Waals surface area contributed by atoms with E-state index in [4.69, 9.17) is 0 Å². The molecule has 0 aromatic heterocycles. The van der Waals surface area contributed by atoms with Crippen LogP contribution >= 0.6 is 15.9 Å². The van der Waals surface area contributed by atoms with E-state index in [2.05, 4.69) is 26.0 Å². The van der Waals surface area contributed by atoms with Crippen molar-refractivity contribution in [3.8, 4) is 0 Å². The van der Waals surface area contributed by atoms with Gasteiger partial charge < -0.3 is 5.32 Å². The number of sulfonamides is 1. The van der Waals surface area contributed by atoms with Crippen molar-refractivity contribution in [2.24, 2.45) is 0 Å². The molecule has 2 N–H and O–H groups in total. The second-order valence-corrected chi connectivity index (χ2v) is 7.53. The van der Waals surface area contributed by atoms with Crippen LogP contribution < -0.4 is 10.0 Å². The van der Waals surface area contributed by atoms with E-state index >= 15 is 0 Å². The molecule has 0 saturated heterocycles. The van der Waals surface area contributed by atoms with Crippen LogP contribution in [0.15, 0.2) is 51.8 Å². The summed E-state index contributed by atoms with van der Waals surface area (Å²) in [5.41, 5.74) is 2.99. The molecule has 6 heteroatoms. The summed E-state index contributed by atoms with van der Waals surface area (Å²) in [6.45, 7) is 1.12. The molecule has 0 amide bonds. The predicted molar refractivity (Wildman–Crippen MR) is 86.8 cm³/mol. The lowest BCUT2D eigenvalue weighted by atomic mass is 10.2. The SMILES string of the molecule is O=S(=O)(NCc1ccccc1Br)c1ccc2c(c1)NCC2. The summed E-state index contributed by atoms with van der Waals surface area (Å²) in [7, 11) is -3.51. The second-order valence-electron chi connectivity index (χ2n) is 4.91. The van der Waals surface area contributed by atoms with Crippen LogP contribution in [-0.2, 0) is 23.0 Å². The van der Waals surface area contributed by atoms with Gasteiger partial charge in [0.2, 0.25) is 10.0 Å². The number of rotatable bonds is 4. The van der Waals surface area contributed by atoms with Crippen molar-refractivity contribution < 1.29 is 8.42 Å². The average Bonchev–Trinajstić information content (AvgIpc) is 2.94. The summed E-state index contributed by atoms with van der Waals surface area (Å²) in [4.78, 5) is 0.294. The summed E-state index contributed by atoms with van der Waals surface area (Å²) in [6, 6.07) is 12.8. The Morgan fingerprint density at radius 1 is 1.19 bits per heavy atom. The molecular formula is C15H15BrN2O2S. The fourth-order valence-electron chi connectivity index (χ4n) is 2.33. The minimum Gasteiger partial charge on any atom is -0.384 e. The Hall–Kier alpha value is -1.37. The molecule has 1 aliphatic rings. The quantitative estimate of drug-likeness (QED) is 0.874. The molecule has 1 heterocycles. The topological polar surface area (TPSA) is 58.2 Å². The van der Waals surface area contributed by atoms with Crippen LogP contribution in [0.5, 0.6) is 0 Å². The molecule has 0 radical (unpaired) electrons. The highest BCUT2D eigenvalue weighted by Crippen LogP contribution is 2.25. The van der Waals surface area contributed by atoms with Crippen LogP contribution in [0, 0.1) is 0 Å². The van der Waals surface area contributed by atoms with Gasteiger partial charge in [0, 0.05) is 23.2 Å². The van der Waals surface area contributed by atoms with E-state index in [1.165, 1.54) is 5.56 Å². The van der Waals surface area contributed by atoms with Gasteiger partial charge in [0.25, 0.3) is 0 Å². The van der Waals surface area contributed by atoms with Crippen molar-refractivity contribution in [3.63, 3.8) is 0 Å². The molecule has 0 saturated carbocycles. The zero-order valence-electron chi connectivity index (χ0n) is 11.3. The van der Waals surface area contributed by atoms with Gasteiger partial charge in [-0.25, -0.2) is 13.1 Å². The minimum absolute atomic E-state index is 0.258.